The fourth-order valence-corrected chi connectivity index (χ4v) is 3.46. The van der Waals surface area contributed by atoms with Gasteiger partial charge in [0.05, 0.1) is 0 Å². The van der Waals surface area contributed by atoms with E-state index in [1.165, 1.54) is 11.5 Å². The molecule has 6 heteroatoms. The molecular formula is C12H14ClN3S2. The first-order valence-corrected chi connectivity index (χ1v) is 7.98. The van der Waals surface area contributed by atoms with Gasteiger partial charge in [-0.15, -0.1) is 5.10 Å². The molecule has 0 bridgehead atoms. The molecular weight excluding hydrogens is 286 g/mol. The zero-order valence-electron chi connectivity index (χ0n) is 10.0. The van der Waals surface area contributed by atoms with Gasteiger partial charge in [-0.05, 0) is 18.6 Å². The summed E-state index contributed by atoms with van der Waals surface area (Å²) in [6, 6.07) is 7.94. The number of hydrogen-bond donors (Lipinski definition) is 1. The Morgan fingerprint density at radius 2 is 2.17 bits per heavy atom. The van der Waals surface area contributed by atoms with Crippen molar-refractivity contribution < 1.29 is 0 Å². The Labute approximate surface area is 120 Å². The van der Waals surface area contributed by atoms with E-state index in [1.54, 1.807) is 11.8 Å². The molecule has 0 saturated heterocycles. The summed E-state index contributed by atoms with van der Waals surface area (Å²) in [5.74, 6) is 1.74. The molecule has 1 heterocycles. The summed E-state index contributed by atoms with van der Waals surface area (Å²) >= 11 is 9.32. The highest BCUT2D eigenvalue weighted by Gasteiger charge is 2.07. The predicted octanol–water partition coefficient (Wildman–Crippen LogP) is 4.06. The van der Waals surface area contributed by atoms with Gasteiger partial charge in [0.15, 0.2) is 0 Å². The molecule has 0 saturated carbocycles. The van der Waals surface area contributed by atoms with Crippen LogP contribution >= 0.6 is 34.9 Å². The Hall–Kier alpha value is -0.780. The quantitative estimate of drug-likeness (QED) is 0.873. The lowest BCUT2D eigenvalue weighted by Gasteiger charge is -2.04. The van der Waals surface area contributed by atoms with Crippen molar-refractivity contribution in [1.29, 1.82) is 0 Å². The second-order valence-electron chi connectivity index (χ2n) is 3.66. The number of rotatable bonds is 6. The molecule has 2 rings (SSSR count). The monoisotopic (exact) mass is 299 g/mol. The largest absolute Gasteiger partial charge is 0.374 e. The van der Waals surface area contributed by atoms with E-state index in [1.807, 2.05) is 18.2 Å². The Balaban J connectivity index is 1.88. The molecule has 3 nitrogen and oxygen atoms in total. The topological polar surface area (TPSA) is 37.8 Å². The zero-order valence-corrected chi connectivity index (χ0v) is 12.4. The van der Waals surface area contributed by atoms with Crippen molar-refractivity contribution in [2.75, 3.05) is 11.9 Å². The van der Waals surface area contributed by atoms with Crippen LogP contribution in [0.5, 0.6) is 0 Å². The van der Waals surface area contributed by atoms with Gasteiger partial charge < -0.3 is 5.32 Å². The summed E-state index contributed by atoms with van der Waals surface area (Å²) in [5, 5.41) is 9.31. The van der Waals surface area contributed by atoms with E-state index in [2.05, 4.69) is 27.9 Å². The van der Waals surface area contributed by atoms with Crippen LogP contribution < -0.4 is 5.32 Å². The van der Waals surface area contributed by atoms with Crippen molar-refractivity contribution in [3.05, 3.63) is 40.5 Å². The highest BCUT2D eigenvalue weighted by molar-refractivity contribution is 7.97. The van der Waals surface area contributed by atoms with Crippen LogP contribution in [0.2, 0.25) is 5.02 Å². The summed E-state index contributed by atoms with van der Waals surface area (Å²) < 4.78 is 3.97. The van der Waals surface area contributed by atoms with Gasteiger partial charge >= 0.3 is 0 Å². The molecule has 0 amide bonds. The molecule has 96 valence electrons. The Morgan fingerprint density at radius 1 is 1.33 bits per heavy atom. The van der Waals surface area contributed by atoms with Crippen molar-refractivity contribution in [3.63, 3.8) is 0 Å². The smallest absolute Gasteiger partial charge is 0.134 e. The highest BCUT2D eigenvalue weighted by Crippen LogP contribution is 2.26. The zero-order chi connectivity index (χ0) is 12.8. The summed E-state index contributed by atoms with van der Waals surface area (Å²) in [6.07, 6.45) is 0. The Kier molecular flexibility index (Phi) is 5.28. The van der Waals surface area contributed by atoms with E-state index in [9.17, 15) is 0 Å². The van der Waals surface area contributed by atoms with Gasteiger partial charge in [-0.25, -0.2) is 0 Å². The molecule has 0 aliphatic carbocycles. The van der Waals surface area contributed by atoms with Crippen molar-refractivity contribution in [2.45, 2.75) is 18.4 Å². The standard InChI is InChI=1S/C12H14ClN3S2/c1-2-14-12-11(15-16-18-12)8-17-7-9-5-3-4-6-10(9)13/h3-6,14H,2,7-8H2,1H3. The highest BCUT2D eigenvalue weighted by atomic mass is 35.5. The average Bonchev–Trinajstić information content (AvgIpc) is 2.80. The van der Waals surface area contributed by atoms with Crippen molar-refractivity contribution in [2.24, 2.45) is 0 Å². The maximum atomic E-state index is 6.11. The van der Waals surface area contributed by atoms with Crippen LogP contribution in [0, 0.1) is 0 Å². The van der Waals surface area contributed by atoms with Crippen LogP contribution in [-0.4, -0.2) is 16.1 Å². The van der Waals surface area contributed by atoms with Crippen molar-refractivity contribution in [1.82, 2.24) is 9.59 Å². The van der Waals surface area contributed by atoms with E-state index < -0.39 is 0 Å². The van der Waals surface area contributed by atoms with Gasteiger partial charge in [-0.1, -0.05) is 34.3 Å². The van der Waals surface area contributed by atoms with Gasteiger partial charge in [0.25, 0.3) is 0 Å². The summed E-state index contributed by atoms with van der Waals surface area (Å²) in [5.41, 5.74) is 2.19. The van der Waals surface area contributed by atoms with E-state index in [-0.39, 0.29) is 0 Å². The van der Waals surface area contributed by atoms with Crippen LogP contribution in [0.15, 0.2) is 24.3 Å². The SMILES string of the molecule is CCNc1snnc1CSCc1ccccc1Cl. The minimum absolute atomic E-state index is 0.827. The Bertz CT molecular complexity index is 502. The number of anilines is 1. The lowest BCUT2D eigenvalue weighted by atomic mass is 10.2. The molecule has 0 aliphatic rings. The van der Waals surface area contributed by atoms with Gasteiger partial charge in [0.1, 0.15) is 10.7 Å². The molecule has 0 spiro atoms. The van der Waals surface area contributed by atoms with Crippen molar-refractivity contribution >= 4 is 39.9 Å². The first kappa shape index (κ1) is 13.6. The molecule has 0 unspecified atom stereocenters. The minimum Gasteiger partial charge on any atom is -0.374 e. The van der Waals surface area contributed by atoms with Crippen LogP contribution in [0.25, 0.3) is 0 Å². The number of thioether (sulfide) groups is 1. The lowest BCUT2D eigenvalue weighted by molar-refractivity contribution is 1.07. The second kappa shape index (κ2) is 6.97. The van der Waals surface area contributed by atoms with E-state index in [0.29, 0.717) is 0 Å². The number of nitrogens with one attached hydrogen (secondary N) is 1. The summed E-state index contributed by atoms with van der Waals surface area (Å²) in [4.78, 5) is 0. The third-order valence-electron chi connectivity index (χ3n) is 2.35. The third-order valence-corrected chi connectivity index (χ3v) is 4.43. The van der Waals surface area contributed by atoms with Gasteiger partial charge in [0, 0.05) is 34.6 Å². The van der Waals surface area contributed by atoms with E-state index >= 15 is 0 Å². The summed E-state index contributed by atoms with van der Waals surface area (Å²) in [7, 11) is 0. The van der Waals surface area contributed by atoms with Crippen LogP contribution in [0.3, 0.4) is 0 Å². The molecule has 0 fully saturated rings. The lowest BCUT2D eigenvalue weighted by Crippen LogP contribution is -1.97. The van der Waals surface area contributed by atoms with E-state index in [4.69, 9.17) is 11.6 Å². The van der Waals surface area contributed by atoms with E-state index in [0.717, 1.165) is 39.3 Å². The van der Waals surface area contributed by atoms with Gasteiger partial charge in [0.2, 0.25) is 0 Å². The number of hydrogen-bond acceptors (Lipinski definition) is 5. The fraction of sp³-hybridized carbons (Fsp3) is 0.333. The number of aromatic nitrogens is 2. The van der Waals surface area contributed by atoms with Crippen LogP contribution in [0.1, 0.15) is 18.2 Å². The fourth-order valence-electron chi connectivity index (χ4n) is 1.47. The molecule has 18 heavy (non-hydrogen) atoms. The maximum Gasteiger partial charge on any atom is 0.134 e. The van der Waals surface area contributed by atoms with Crippen LogP contribution in [0.4, 0.5) is 5.00 Å². The first-order chi connectivity index (χ1) is 8.81. The normalized spacial score (nSPS) is 10.6. The molecule has 0 aliphatic heterocycles. The summed E-state index contributed by atoms with van der Waals surface area (Å²) in [6.45, 7) is 2.96. The molecule has 1 aromatic carbocycles. The van der Waals surface area contributed by atoms with Crippen LogP contribution in [-0.2, 0) is 11.5 Å². The second-order valence-corrected chi connectivity index (χ2v) is 5.81. The predicted molar refractivity (Wildman–Crippen MR) is 80.5 cm³/mol. The van der Waals surface area contributed by atoms with Gasteiger partial charge in [-0.3, -0.25) is 0 Å². The number of nitrogens with zero attached hydrogens (tertiary/aromatic N) is 2. The average molecular weight is 300 g/mol. The number of halogens is 1. The molecule has 2 aromatic rings. The molecule has 0 radical (unpaired) electrons. The maximum absolute atomic E-state index is 6.11. The minimum atomic E-state index is 0.827. The molecule has 0 atom stereocenters. The van der Waals surface area contributed by atoms with Gasteiger partial charge in [-0.2, -0.15) is 11.8 Å². The molecule has 1 N–H and O–H groups in total. The third kappa shape index (κ3) is 3.60. The van der Waals surface area contributed by atoms with Crippen molar-refractivity contribution in [3.8, 4) is 0 Å². The Morgan fingerprint density at radius 3 is 2.94 bits per heavy atom. The number of benzene rings is 1. The molecule has 1 aromatic heterocycles. The first-order valence-electron chi connectivity index (χ1n) is 5.67.